The van der Waals surface area contributed by atoms with Crippen molar-refractivity contribution in [3.63, 3.8) is 0 Å². The maximum Gasteiger partial charge on any atom is 0.374 e. The van der Waals surface area contributed by atoms with Crippen LogP contribution in [0.25, 0.3) is 10.8 Å². The van der Waals surface area contributed by atoms with E-state index in [0.717, 1.165) is 12.8 Å². The molecule has 0 saturated carbocycles. The minimum Gasteiger partial charge on any atom is -0.475 e. The normalized spacial score (nSPS) is 16.1. The Bertz CT molecular complexity index is 936. The Morgan fingerprint density at radius 2 is 1.72 bits per heavy atom. The summed E-state index contributed by atoms with van der Waals surface area (Å²) in [5.74, 6) is -2.76. The van der Waals surface area contributed by atoms with Gasteiger partial charge < -0.3 is 10.0 Å². The minimum atomic E-state index is -1.51. The number of ketones is 2. The van der Waals surface area contributed by atoms with Crippen LogP contribution in [-0.4, -0.2) is 46.0 Å². The second-order valence-electron chi connectivity index (χ2n) is 7.49. The van der Waals surface area contributed by atoms with Crippen LogP contribution in [0.15, 0.2) is 42.5 Å². The molecule has 3 rings (SSSR count). The lowest BCUT2D eigenvalue weighted by Crippen LogP contribution is -2.43. The molecule has 2 aromatic rings. The summed E-state index contributed by atoms with van der Waals surface area (Å²) in [5.41, 5.74) is 1.18. The van der Waals surface area contributed by atoms with Gasteiger partial charge in [0.05, 0.1) is 0 Å². The van der Waals surface area contributed by atoms with E-state index in [2.05, 4.69) is 30.3 Å². The predicted molar refractivity (Wildman–Crippen MR) is 109 cm³/mol. The van der Waals surface area contributed by atoms with Crippen molar-refractivity contribution in [2.75, 3.05) is 6.54 Å². The average molecular weight is 395 g/mol. The van der Waals surface area contributed by atoms with Gasteiger partial charge in [0, 0.05) is 25.8 Å². The maximum absolute atomic E-state index is 12.3. The first-order chi connectivity index (χ1) is 14.0. The maximum atomic E-state index is 12.3. The third-order valence-electron chi connectivity index (χ3n) is 5.44. The van der Waals surface area contributed by atoms with E-state index in [1.165, 1.54) is 21.2 Å². The zero-order chi connectivity index (χ0) is 20.8. The van der Waals surface area contributed by atoms with Crippen molar-refractivity contribution in [3.8, 4) is 0 Å². The van der Waals surface area contributed by atoms with Gasteiger partial charge >= 0.3 is 5.97 Å². The van der Waals surface area contributed by atoms with Gasteiger partial charge in [0.2, 0.25) is 5.91 Å². The number of benzene rings is 2. The summed E-state index contributed by atoms with van der Waals surface area (Å²) >= 11 is 0. The summed E-state index contributed by atoms with van der Waals surface area (Å²) in [7, 11) is 0. The molecule has 152 valence electrons. The van der Waals surface area contributed by atoms with E-state index in [0.29, 0.717) is 25.8 Å². The van der Waals surface area contributed by atoms with Crippen molar-refractivity contribution in [2.24, 2.45) is 0 Å². The quantitative estimate of drug-likeness (QED) is 0.659. The highest BCUT2D eigenvalue weighted by molar-refractivity contribution is 6.35. The number of carbonyl (C=O) groups excluding carboxylic acids is 3. The van der Waals surface area contributed by atoms with Crippen LogP contribution in [0.3, 0.4) is 0 Å². The SMILES string of the molecule is O=C(CCCc1ccc2ccccc2c1)CCC(=O)N1CCC[C@H]1C(=O)C(=O)O. The first kappa shape index (κ1) is 20.7. The number of hydrogen-bond donors (Lipinski definition) is 1. The molecular weight excluding hydrogens is 370 g/mol. The molecular formula is C23H25NO5. The molecule has 1 aliphatic heterocycles. The standard InChI is InChI=1S/C23H25NO5/c25-19(8-3-5-16-10-11-17-6-1-2-7-18(17)15-16)12-13-21(26)24-14-4-9-20(24)22(27)23(28)29/h1-2,6-7,10-11,15,20H,3-5,8-9,12-14H2,(H,28,29)/t20-/m0/s1. The average Bonchev–Trinajstić information content (AvgIpc) is 3.21. The van der Waals surface area contributed by atoms with Crippen molar-refractivity contribution in [3.05, 3.63) is 48.0 Å². The molecule has 0 aliphatic carbocycles. The first-order valence-corrected chi connectivity index (χ1v) is 10.0. The number of amides is 1. The monoisotopic (exact) mass is 395 g/mol. The summed E-state index contributed by atoms with van der Waals surface area (Å²) < 4.78 is 0. The summed E-state index contributed by atoms with van der Waals surface area (Å²) in [6.45, 7) is 0.374. The van der Waals surface area contributed by atoms with Crippen LogP contribution in [-0.2, 0) is 25.6 Å². The molecule has 1 atom stereocenters. The Balaban J connectivity index is 1.43. The van der Waals surface area contributed by atoms with Crippen molar-refractivity contribution in [1.82, 2.24) is 4.90 Å². The third kappa shape index (κ3) is 5.28. The fourth-order valence-corrected chi connectivity index (χ4v) is 3.88. The van der Waals surface area contributed by atoms with Crippen LogP contribution in [0.4, 0.5) is 0 Å². The second-order valence-corrected chi connectivity index (χ2v) is 7.49. The van der Waals surface area contributed by atoms with E-state index in [1.54, 1.807) is 0 Å². The molecule has 2 aromatic carbocycles. The van der Waals surface area contributed by atoms with Gasteiger partial charge in [-0.05, 0) is 42.0 Å². The summed E-state index contributed by atoms with van der Waals surface area (Å²) in [6.07, 6.45) is 3.05. The largest absolute Gasteiger partial charge is 0.475 e. The molecule has 6 nitrogen and oxygen atoms in total. The van der Waals surface area contributed by atoms with Crippen LogP contribution in [0.1, 0.15) is 44.1 Å². The molecule has 1 amide bonds. The summed E-state index contributed by atoms with van der Waals surface area (Å²) in [4.78, 5) is 48.4. The van der Waals surface area contributed by atoms with Gasteiger partial charge in [-0.1, -0.05) is 42.5 Å². The molecule has 1 fully saturated rings. The zero-order valence-corrected chi connectivity index (χ0v) is 16.3. The number of rotatable bonds is 9. The number of likely N-dealkylation sites (tertiary alicyclic amines) is 1. The molecule has 1 saturated heterocycles. The smallest absolute Gasteiger partial charge is 0.374 e. The van der Waals surface area contributed by atoms with E-state index >= 15 is 0 Å². The summed E-state index contributed by atoms with van der Waals surface area (Å²) in [6, 6.07) is 13.5. The number of carboxylic acid groups (broad SMARTS) is 1. The van der Waals surface area contributed by atoms with E-state index in [9.17, 15) is 19.2 Å². The number of fused-ring (bicyclic) bond motifs is 1. The minimum absolute atomic E-state index is 0.0134. The molecule has 1 heterocycles. The van der Waals surface area contributed by atoms with Crippen molar-refractivity contribution >= 4 is 34.2 Å². The van der Waals surface area contributed by atoms with Crippen LogP contribution < -0.4 is 0 Å². The molecule has 0 radical (unpaired) electrons. The molecule has 29 heavy (non-hydrogen) atoms. The van der Waals surface area contributed by atoms with Crippen LogP contribution in [0.5, 0.6) is 0 Å². The number of hydrogen-bond acceptors (Lipinski definition) is 4. The van der Waals surface area contributed by atoms with E-state index in [4.69, 9.17) is 5.11 Å². The molecule has 1 aliphatic rings. The van der Waals surface area contributed by atoms with Gasteiger partial charge in [0.1, 0.15) is 11.8 Å². The fraction of sp³-hybridized carbons (Fsp3) is 0.391. The van der Waals surface area contributed by atoms with E-state index in [1.807, 2.05) is 12.1 Å². The Morgan fingerprint density at radius 3 is 2.48 bits per heavy atom. The Kier molecular flexibility index (Phi) is 6.75. The van der Waals surface area contributed by atoms with Gasteiger partial charge in [-0.3, -0.25) is 14.4 Å². The van der Waals surface area contributed by atoms with Gasteiger partial charge in [-0.2, -0.15) is 0 Å². The lowest BCUT2D eigenvalue weighted by atomic mass is 10.0. The van der Waals surface area contributed by atoms with Gasteiger partial charge in [0.25, 0.3) is 5.78 Å². The number of carbonyl (C=O) groups is 4. The van der Waals surface area contributed by atoms with Crippen LogP contribution in [0.2, 0.25) is 0 Å². The summed E-state index contributed by atoms with van der Waals surface area (Å²) in [5, 5.41) is 11.2. The lowest BCUT2D eigenvalue weighted by Gasteiger charge is -2.22. The van der Waals surface area contributed by atoms with E-state index in [-0.39, 0.29) is 24.5 Å². The van der Waals surface area contributed by atoms with Gasteiger partial charge in [-0.15, -0.1) is 0 Å². The number of aliphatic carboxylic acids is 1. The Labute approximate surface area is 169 Å². The molecule has 0 bridgehead atoms. The Hall–Kier alpha value is -3.02. The third-order valence-corrected chi connectivity index (χ3v) is 5.44. The van der Waals surface area contributed by atoms with Crippen molar-refractivity contribution in [1.29, 1.82) is 0 Å². The lowest BCUT2D eigenvalue weighted by molar-refractivity contribution is -0.152. The topological polar surface area (TPSA) is 91.8 Å². The fourth-order valence-electron chi connectivity index (χ4n) is 3.88. The molecule has 1 N–H and O–H groups in total. The molecule has 6 heteroatoms. The number of Topliss-reactive ketones (excluding diaryl/α,β-unsaturated/α-hetero) is 2. The number of carboxylic acids is 1. The number of nitrogens with zero attached hydrogens (tertiary/aromatic N) is 1. The van der Waals surface area contributed by atoms with E-state index < -0.39 is 17.8 Å². The van der Waals surface area contributed by atoms with Gasteiger partial charge in [0.15, 0.2) is 0 Å². The molecule has 0 unspecified atom stereocenters. The molecule has 0 spiro atoms. The van der Waals surface area contributed by atoms with Crippen molar-refractivity contribution in [2.45, 2.75) is 51.0 Å². The van der Waals surface area contributed by atoms with Crippen LogP contribution in [0, 0.1) is 0 Å². The molecule has 0 aromatic heterocycles. The number of aryl methyl sites for hydroxylation is 1. The highest BCUT2D eigenvalue weighted by Gasteiger charge is 2.36. The van der Waals surface area contributed by atoms with Gasteiger partial charge in [-0.25, -0.2) is 4.79 Å². The predicted octanol–water partition coefficient (Wildman–Crippen LogP) is 3.16. The second kappa shape index (κ2) is 9.45. The zero-order valence-electron chi connectivity index (χ0n) is 16.3. The highest BCUT2D eigenvalue weighted by Crippen LogP contribution is 2.20. The Morgan fingerprint density at radius 1 is 0.966 bits per heavy atom. The first-order valence-electron chi connectivity index (χ1n) is 10.0. The van der Waals surface area contributed by atoms with Crippen LogP contribution >= 0.6 is 0 Å². The highest BCUT2D eigenvalue weighted by atomic mass is 16.4. The van der Waals surface area contributed by atoms with Crippen molar-refractivity contribution < 1.29 is 24.3 Å².